The molecule has 1 unspecified atom stereocenters. The van der Waals surface area contributed by atoms with Crippen LogP contribution in [0.2, 0.25) is 0 Å². The van der Waals surface area contributed by atoms with Gasteiger partial charge in [-0.05, 0) is 62.9 Å². The smallest absolute Gasteiger partial charge is 0.0485 e. The number of hydrogen-bond acceptors (Lipinski definition) is 1. The number of aromatic nitrogens is 1. The molecule has 18 heavy (non-hydrogen) atoms. The maximum Gasteiger partial charge on any atom is 0.0485 e. The van der Waals surface area contributed by atoms with Crippen molar-refractivity contribution < 1.29 is 0 Å². The van der Waals surface area contributed by atoms with Gasteiger partial charge >= 0.3 is 0 Å². The Kier molecular flexibility index (Phi) is 2.90. The maximum absolute atomic E-state index is 3.33. The van der Waals surface area contributed by atoms with Crippen LogP contribution in [-0.2, 0) is 19.9 Å². The lowest BCUT2D eigenvalue weighted by atomic mass is 9.86. The van der Waals surface area contributed by atoms with Gasteiger partial charge in [0.05, 0.1) is 0 Å². The lowest BCUT2D eigenvalue weighted by Gasteiger charge is -2.23. The highest BCUT2D eigenvalue weighted by Gasteiger charge is 2.23. The first-order valence-electron chi connectivity index (χ1n) is 6.92. The summed E-state index contributed by atoms with van der Waals surface area (Å²) in [6.45, 7) is 3.32. The van der Waals surface area contributed by atoms with E-state index in [0.717, 1.165) is 12.5 Å². The third kappa shape index (κ3) is 1.76. The van der Waals surface area contributed by atoms with Crippen LogP contribution in [0.3, 0.4) is 0 Å². The Labute approximate surface area is 109 Å². The molecule has 0 aliphatic heterocycles. The van der Waals surface area contributed by atoms with Gasteiger partial charge in [-0.25, -0.2) is 0 Å². The van der Waals surface area contributed by atoms with Crippen LogP contribution in [0.25, 0.3) is 10.9 Å². The summed E-state index contributed by atoms with van der Waals surface area (Å²) < 4.78 is 2.41. The van der Waals surface area contributed by atoms with Crippen LogP contribution in [0.1, 0.15) is 23.2 Å². The number of fused-ring (bicyclic) bond motifs is 3. The molecule has 1 N–H and O–H groups in total. The van der Waals surface area contributed by atoms with Crippen molar-refractivity contribution >= 4 is 10.9 Å². The molecule has 2 aromatic rings. The van der Waals surface area contributed by atoms with Crippen molar-refractivity contribution in [1.29, 1.82) is 0 Å². The minimum absolute atomic E-state index is 0.800. The monoisotopic (exact) mass is 242 g/mol. The van der Waals surface area contributed by atoms with Crippen LogP contribution in [-0.4, -0.2) is 18.2 Å². The Bertz CT molecular complexity index is 580. The first-order chi connectivity index (χ1) is 8.70. The van der Waals surface area contributed by atoms with Gasteiger partial charge < -0.3 is 9.88 Å². The zero-order valence-corrected chi connectivity index (χ0v) is 11.6. The minimum atomic E-state index is 0.800. The molecule has 1 aliphatic carbocycles. The van der Waals surface area contributed by atoms with E-state index in [4.69, 9.17) is 0 Å². The number of rotatable bonds is 2. The second-order valence-corrected chi connectivity index (χ2v) is 5.67. The van der Waals surface area contributed by atoms with Crippen molar-refractivity contribution in [3.8, 4) is 0 Å². The van der Waals surface area contributed by atoms with E-state index in [1.165, 1.54) is 35.7 Å². The molecule has 0 amide bonds. The Morgan fingerprint density at radius 1 is 1.39 bits per heavy atom. The number of benzene rings is 1. The van der Waals surface area contributed by atoms with Crippen molar-refractivity contribution in [2.24, 2.45) is 13.0 Å². The molecule has 3 rings (SSSR count). The predicted octanol–water partition coefficient (Wildman–Crippen LogP) is 2.81. The Morgan fingerprint density at radius 3 is 3.00 bits per heavy atom. The summed E-state index contributed by atoms with van der Waals surface area (Å²) in [5.74, 6) is 0.800. The highest BCUT2D eigenvalue weighted by atomic mass is 15.0. The number of aryl methyl sites for hydroxylation is 2. The first-order valence-corrected chi connectivity index (χ1v) is 6.92. The molecule has 2 heteroatoms. The second-order valence-electron chi connectivity index (χ2n) is 5.67. The van der Waals surface area contributed by atoms with Crippen molar-refractivity contribution in [3.63, 3.8) is 0 Å². The van der Waals surface area contributed by atoms with Gasteiger partial charge in [0.15, 0.2) is 0 Å². The minimum Gasteiger partial charge on any atom is -0.347 e. The van der Waals surface area contributed by atoms with Crippen molar-refractivity contribution in [2.75, 3.05) is 13.6 Å². The molecule has 1 aromatic carbocycles. The van der Waals surface area contributed by atoms with E-state index in [1.54, 1.807) is 11.3 Å². The lowest BCUT2D eigenvalue weighted by Crippen LogP contribution is -2.25. The summed E-state index contributed by atoms with van der Waals surface area (Å²) in [6, 6.07) is 6.87. The number of nitrogens with one attached hydrogen (secondary N) is 1. The van der Waals surface area contributed by atoms with E-state index in [0.29, 0.717) is 0 Å². The summed E-state index contributed by atoms with van der Waals surface area (Å²) in [6.07, 6.45) is 3.78. The lowest BCUT2D eigenvalue weighted by molar-refractivity contribution is 0.434. The standard InChI is InChI=1S/C16H22N2/c1-11-4-6-13-14-9-12(10-17-2)5-7-15(14)18(3)16(13)8-11/h4,6,8,12,17H,5,7,9-10H2,1-3H3. The molecule has 0 fully saturated rings. The van der Waals surface area contributed by atoms with Crippen LogP contribution >= 0.6 is 0 Å². The molecule has 0 spiro atoms. The molecular weight excluding hydrogens is 220 g/mol. The Morgan fingerprint density at radius 2 is 2.22 bits per heavy atom. The molecule has 96 valence electrons. The molecule has 0 saturated heterocycles. The Hall–Kier alpha value is -1.28. The average Bonchev–Trinajstić information content (AvgIpc) is 2.63. The summed E-state index contributed by atoms with van der Waals surface area (Å²) in [5, 5.41) is 4.80. The highest BCUT2D eigenvalue weighted by Crippen LogP contribution is 2.33. The number of nitrogens with zero attached hydrogens (tertiary/aromatic N) is 1. The normalized spacial score (nSPS) is 19.2. The van der Waals surface area contributed by atoms with E-state index in [-0.39, 0.29) is 0 Å². The third-order valence-corrected chi connectivity index (χ3v) is 4.37. The van der Waals surface area contributed by atoms with Gasteiger partial charge in [-0.3, -0.25) is 0 Å². The predicted molar refractivity (Wildman–Crippen MR) is 77.1 cm³/mol. The first kappa shape index (κ1) is 11.8. The van der Waals surface area contributed by atoms with E-state index in [9.17, 15) is 0 Å². The summed E-state index contributed by atoms with van der Waals surface area (Å²) in [4.78, 5) is 0. The van der Waals surface area contributed by atoms with Gasteiger partial charge in [0.1, 0.15) is 0 Å². The van der Waals surface area contributed by atoms with E-state index in [1.807, 2.05) is 0 Å². The van der Waals surface area contributed by atoms with Crippen LogP contribution in [0.5, 0.6) is 0 Å². The quantitative estimate of drug-likeness (QED) is 0.857. The highest BCUT2D eigenvalue weighted by molar-refractivity contribution is 5.86. The molecule has 0 bridgehead atoms. The van der Waals surface area contributed by atoms with Crippen LogP contribution < -0.4 is 5.32 Å². The molecule has 1 heterocycles. The topological polar surface area (TPSA) is 17.0 Å². The van der Waals surface area contributed by atoms with Gasteiger partial charge in [-0.2, -0.15) is 0 Å². The number of hydrogen-bond donors (Lipinski definition) is 1. The summed E-state index contributed by atoms with van der Waals surface area (Å²) in [7, 11) is 4.28. The molecule has 0 radical (unpaired) electrons. The van der Waals surface area contributed by atoms with Crippen molar-refractivity contribution in [2.45, 2.75) is 26.2 Å². The van der Waals surface area contributed by atoms with E-state index < -0.39 is 0 Å². The SMILES string of the molecule is CNCC1CCc2c(c3ccc(C)cc3n2C)C1. The van der Waals surface area contributed by atoms with Crippen LogP contribution in [0, 0.1) is 12.8 Å². The third-order valence-electron chi connectivity index (χ3n) is 4.37. The van der Waals surface area contributed by atoms with Gasteiger partial charge in [-0.15, -0.1) is 0 Å². The average molecular weight is 242 g/mol. The fourth-order valence-electron chi connectivity index (χ4n) is 3.42. The van der Waals surface area contributed by atoms with Crippen LogP contribution in [0.4, 0.5) is 0 Å². The van der Waals surface area contributed by atoms with Crippen LogP contribution in [0.15, 0.2) is 18.2 Å². The van der Waals surface area contributed by atoms with E-state index in [2.05, 4.69) is 49.1 Å². The summed E-state index contributed by atoms with van der Waals surface area (Å²) >= 11 is 0. The van der Waals surface area contributed by atoms with Gasteiger partial charge in [0.2, 0.25) is 0 Å². The maximum atomic E-state index is 3.33. The zero-order valence-electron chi connectivity index (χ0n) is 11.6. The largest absolute Gasteiger partial charge is 0.347 e. The van der Waals surface area contributed by atoms with Gasteiger partial charge in [-0.1, -0.05) is 12.1 Å². The van der Waals surface area contributed by atoms with E-state index >= 15 is 0 Å². The molecular formula is C16H22N2. The second kappa shape index (κ2) is 4.43. The van der Waals surface area contributed by atoms with Crippen molar-refractivity contribution in [3.05, 3.63) is 35.0 Å². The zero-order chi connectivity index (χ0) is 12.7. The van der Waals surface area contributed by atoms with Gasteiger partial charge in [0, 0.05) is 23.6 Å². The molecule has 2 nitrogen and oxygen atoms in total. The summed E-state index contributed by atoms with van der Waals surface area (Å²) in [5.41, 5.74) is 5.92. The van der Waals surface area contributed by atoms with Crippen molar-refractivity contribution in [1.82, 2.24) is 9.88 Å². The fraction of sp³-hybridized carbons (Fsp3) is 0.500. The molecule has 1 aliphatic rings. The fourth-order valence-corrected chi connectivity index (χ4v) is 3.42. The molecule has 1 atom stereocenters. The Balaban J connectivity index is 2.11. The molecule has 0 saturated carbocycles. The molecule has 1 aromatic heterocycles. The van der Waals surface area contributed by atoms with Gasteiger partial charge in [0.25, 0.3) is 0 Å².